The van der Waals surface area contributed by atoms with Crippen LogP contribution in [0.25, 0.3) is 11.1 Å². The molecule has 1 atom stereocenters. The van der Waals surface area contributed by atoms with Crippen LogP contribution in [0.1, 0.15) is 25.3 Å². The van der Waals surface area contributed by atoms with Crippen LogP contribution in [0.15, 0.2) is 28.7 Å². The molecule has 74 valence electrons. The molecule has 1 aromatic carbocycles. The van der Waals surface area contributed by atoms with Gasteiger partial charge < -0.3 is 9.15 Å². The number of hydrogen-bond donors (Lipinski definition) is 0. The number of aromatic nitrogens is 1. The predicted molar refractivity (Wildman–Crippen MR) is 54.1 cm³/mol. The Morgan fingerprint density at radius 3 is 2.86 bits per heavy atom. The summed E-state index contributed by atoms with van der Waals surface area (Å²) in [5.74, 6) is 0.663. The van der Waals surface area contributed by atoms with E-state index in [0.29, 0.717) is 5.89 Å². The number of para-hydroxylation sites is 2. The van der Waals surface area contributed by atoms with Crippen LogP contribution in [0.2, 0.25) is 0 Å². The van der Waals surface area contributed by atoms with E-state index in [1.54, 1.807) is 7.11 Å². The molecule has 0 saturated heterocycles. The summed E-state index contributed by atoms with van der Waals surface area (Å²) in [6.45, 7) is 2.04. The lowest BCUT2D eigenvalue weighted by Gasteiger charge is -2.06. The van der Waals surface area contributed by atoms with Crippen LogP contribution in [0.3, 0.4) is 0 Å². The largest absolute Gasteiger partial charge is 0.438 e. The van der Waals surface area contributed by atoms with Crippen LogP contribution in [-0.2, 0) is 4.74 Å². The highest BCUT2D eigenvalue weighted by molar-refractivity contribution is 5.72. The number of ether oxygens (including phenoxy) is 1. The van der Waals surface area contributed by atoms with Crippen LogP contribution in [0.4, 0.5) is 0 Å². The molecular formula is C11H13NO2. The number of oxazole rings is 1. The van der Waals surface area contributed by atoms with Crippen LogP contribution in [-0.4, -0.2) is 12.1 Å². The van der Waals surface area contributed by atoms with Crippen molar-refractivity contribution < 1.29 is 9.15 Å². The van der Waals surface area contributed by atoms with Gasteiger partial charge in [0.05, 0.1) is 0 Å². The normalized spacial score (nSPS) is 13.3. The number of methoxy groups -OCH3 is 1. The zero-order chi connectivity index (χ0) is 9.97. The zero-order valence-electron chi connectivity index (χ0n) is 8.36. The van der Waals surface area contributed by atoms with E-state index in [-0.39, 0.29) is 6.10 Å². The minimum absolute atomic E-state index is 0.0394. The first-order chi connectivity index (χ1) is 6.85. The van der Waals surface area contributed by atoms with E-state index in [1.165, 1.54) is 0 Å². The second-order valence-corrected chi connectivity index (χ2v) is 3.15. The van der Waals surface area contributed by atoms with Gasteiger partial charge in [0.25, 0.3) is 0 Å². The second-order valence-electron chi connectivity index (χ2n) is 3.15. The topological polar surface area (TPSA) is 35.3 Å². The van der Waals surface area contributed by atoms with Crippen molar-refractivity contribution in [2.75, 3.05) is 7.11 Å². The molecule has 1 heterocycles. The highest BCUT2D eigenvalue weighted by Gasteiger charge is 2.14. The highest BCUT2D eigenvalue weighted by atomic mass is 16.5. The van der Waals surface area contributed by atoms with E-state index < -0.39 is 0 Å². The van der Waals surface area contributed by atoms with Gasteiger partial charge in [-0.15, -0.1) is 0 Å². The molecule has 2 aromatic rings. The molecular weight excluding hydrogens is 178 g/mol. The summed E-state index contributed by atoms with van der Waals surface area (Å²) in [6.07, 6.45) is 0.825. The summed E-state index contributed by atoms with van der Waals surface area (Å²) in [4.78, 5) is 4.36. The summed E-state index contributed by atoms with van der Waals surface area (Å²) < 4.78 is 10.8. The van der Waals surface area contributed by atoms with E-state index in [4.69, 9.17) is 9.15 Å². The quantitative estimate of drug-likeness (QED) is 0.748. The van der Waals surface area contributed by atoms with Gasteiger partial charge in [0.15, 0.2) is 5.58 Å². The highest BCUT2D eigenvalue weighted by Crippen LogP contribution is 2.23. The molecule has 14 heavy (non-hydrogen) atoms. The average molecular weight is 191 g/mol. The van der Waals surface area contributed by atoms with Crippen molar-refractivity contribution in [3.05, 3.63) is 30.2 Å². The van der Waals surface area contributed by atoms with E-state index in [1.807, 2.05) is 31.2 Å². The Hall–Kier alpha value is -1.35. The van der Waals surface area contributed by atoms with Crippen LogP contribution in [0, 0.1) is 0 Å². The van der Waals surface area contributed by atoms with Crippen molar-refractivity contribution in [3.63, 3.8) is 0 Å². The lowest BCUT2D eigenvalue weighted by Crippen LogP contribution is -1.99. The maximum atomic E-state index is 5.58. The first-order valence-electron chi connectivity index (χ1n) is 4.73. The molecule has 0 saturated carbocycles. The molecule has 3 heteroatoms. The lowest BCUT2D eigenvalue weighted by atomic mass is 10.3. The van der Waals surface area contributed by atoms with Gasteiger partial charge in [-0.05, 0) is 18.6 Å². The molecule has 0 aliphatic heterocycles. The fourth-order valence-electron chi connectivity index (χ4n) is 1.47. The second kappa shape index (κ2) is 3.80. The first kappa shape index (κ1) is 9.21. The smallest absolute Gasteiger partial charge is 0.224 e. The van der Waals surface area contributed by atoms with Gasteiger partial charge in [-0.2, -0.15) is 0 Å². The third kappa shape index (κ3) is 1.51. The summed E-state index contributed by atoms with van der Waals surface area (Å²) >= 11 is 0. The average Bonchev–Trinajstić information content (AvgIpc) is 2.63. The minimum Gasteiger partial charge on any atom is -0.438 e. The van der Waals surface area contributed by atoms with Gasteiger partial charge in [0.1, 0.15) is 11.6 Å². The standard InChI is InChI=1S/C11H13NO2/c1-3-9(13-2)11-12-8-6-4-5-7-10(8)14-11/h4-7,9H,3H2,1-2H3. The molecule has 0 spiro atoms. The maximum absolute atomic E-state index is 5.58. The summed E-state index contributed by atoms with van der Waals surface area (Å²) in [5.41, 5.74) is 1.70. The molecule has 0 amide bonds. The molecule has 3 nitrogen and oxygen atoms in total. The molecule has 0 aliphatic carbocycles. The summed E-state index contributed by atoms with van der Waals surface area (Å²) in [6, 6.07) is 7.73. The predicted octanol–water partition coefficient (Wildman–Crippen LogP) is 2.93. The molecule has 0 fully saturated rings. The minimum atomic E-state index is -0.0394. The number of fused-ring (bicyclic) bond motifs is 1. The van der Waals surface area contributed by atoms with Gasteiger partial charge in [-0.25, -0.2) is 4.98 Å². The van der Waals surface area contributed by atoms with E-state index in [9.17, 15) is 0 Å². The van der Waals surface area contributed by atoms with Gasteiger partial charge >= 0.3 is 0 Å². The lowest BCUT2D eigenvalue weighted by molar-refractivity contribution is 0.0778. The summed E-state index contributed by atoms with van der Waals surface area (Å²) in [7, 11) is 1.67. The Kier molecular flexibility index (Phi) is 2.50. The number of hydrogen-bond acceptors (Lipinski definition) is 3. The van der Waals surface area contributed by atoms with Crippen molar-refractivity contribution in [2.24, 2.45) is 0 Å². The maximum Gasteiger partial charge on any atom is 0.224 e. The Morgan fingerprint density at radius 1 is 1.43 bits per heavy atom. The molecule has 0 bridgehead atoms. The van der Waals surface area contributed by atoms with Crippen LogP contribution in [0.5, 0.6) is 0 Å². The molecule has 0 radical (unpaired) electrons. The van der Waals surface area contributed by atoms with Gasteiger partial charge in [0.2, 0.25) is 5.89 Å². The van der Waals surface area contributed by atoms with Gasteiger partial charge in [-0.1, -0.05) is 19.1 Å². The van der Waals surface area contributed by atoms with Crippen LogP contribution < -0.4 is 0 Å². The molecule has 1 unspecified atom stereocenters. The Labute approximate surface area is 82.7 Å². The number of benzene rings is 1. The number of rotatable bonds is 3. The third-order valence-corrected chi connectivity index (χ3v) is 2.24. The van der Waals surface area contributed by atoms with E-state index in [0.717, 1.165) is 17.5 Å². The van der Waals surface area contributed by atoms with Gasteiger partial charge in [-0.3, -0.25) is 0 Å². The Balaban J connectivity index is 2.43. The summed E-state index contributed by atoms with van der Waals surface area (Å²) in [5, 5.41) is 0. The van der Waals surface area contributed by atoms with Crippen molar-refractivity contribution >= 4 is 11.1 Å². The molecule has 0 N–H and O–H groups in total. The van der Waals surface area contributed by atoms with Crippen molar-refractivity contribution in [3.8, 4) is 0 Å². The van der Waals surface area contributed by atoms with Crippen molar-refractivity contribution in [1.82, 2.24) is 4.98 Å². The zero-order valence-corrected chi connectivity index (χ0v) is 8.36. The Bertz CT molecular complexity index is 385. The third-order valence-electron chi connectivity index (χ3n) is 2.24. The van der Waals surface area contributed by atoms with E-state index >= 15 is 0 Å². The van der Waals surface area contributed by atoms with Gasteiger partial charge in [0, 0.05) is 7.11 Å². The number of nitrogens with zero attached hydrogens (tertiary/aromatic N) is 1. The fourth-order valence-corrected chi connectivity index (χ4v) is 1.47. The Morgan fingerprint density at radius 2 is 2.21 bits per heavy atom. The molecule has 2 rings (SSSR count). The van der Waals surface area contributed by atoms with Crippen molar-refractivity contribution in [2.45, 2.75) is 19.4 Å². The van der Waals surface area contributed by atoms with Crippen molar-refractivity contribution in [1.29, 1.82) is 0 Å². The van der Waals surface area contributed by atoms with E-state index in [2.05, 4.69) is 4.98 Å². The molecule has 0 aliphatic rings. The SMILES string of the molecule is CCC(OC)c1nc2ccccc2o1. The fraction of sp³-hybridized carbons (Fsp3) is 0.364. The first-order valence-corrected chi connectivity index (χ1v) is 4.73. The monoisotopic (exact) mass is 191 g/mol. The molecule has 1 aromatic heterocycles. The van der Waals surface area contributed by atoms with Crippen LogP contribution >= 0.6 is 0 Å².